The first-order chi connectivity index (χ1) is 8.28. The summed E-state index contributed by atoms with van der Waals surface area (Å²) in [6.45, 7) is 4.89. The number of benzene rings is 1. The summed E-state index contributed by atoms with van der Waals surface area (Å²) in [5.41, 5.74) is 1.15. The van der Waals surface area contributed by atoms with Crippen molar-refractivity contribution in [2.24, 2.45) is 0 Å². The number of rotatable bonds is 7. The summed E-state index contributed by atoms with van der Waals surface area (Å²) in [5.74, 6) is 0.907. The molecule has 1 rings (SSSR count). The molecule has 0 fully saturated rings. The summed E-state index contributed by atoms with van der Waals surface area (Å²) in [4.78, 5) is 0. The van der Waals surface area contributed by atoms with Gasteiger partial charge in [0.05, 0.1) is 19.3 Å². The summed E-state index contributed by atoms with van der Waals surface area (Å²) < 4.78 is 11.2. The molecule has 96 valence electrons. The molecule has 2 unspecified atom stereocenters. The van der Waals surface area contributed by atoms with Gasteiger partial charge >= 0.3 is 0 Å². The van der Waals surface area contributed by atoms with Crippen molar-refractivity contribution in [3.05, 3.63) is 29.8 Å². The molecule has 1 N–H and O–H groups in total. The minimum Gasteiger partial charge on any atom is -0.496 e. The highest BCUT2D eigenvalue weighted by Crippen LogP contribution is 2.29. The van der Waals surface area contributed by atoms with Crippen molar-refractivity contribution in [1.29, 1.82) is 0 Å². The van der Waals surface area contributed by atoms with E-state index in [1.807, 2.05) is 32.2 Å². The van der Waals surface area contributed by atoms with E-state index in [4.69, 9.17) is 9.47 Å². The predicted octanol–water partition coefficient (Wildman–Crippen LogP) is 2.77. The fourth-order valence-corrected chi connectivity index (χ4v) is 2.13. The minimum absolute atomic E-state index is 0.163. The Morgan fingerprint density at radius 3 is 2.47 bits per heavy atom. The second kappa shape index (κ2) is 7.30. The van der Waals surface area contributed by atoms with E-state index in [-0.39, 0.29) is 12.1 Å². The smallest absolute Gasteiger partial charge is 0.123 e. The van der Waals surface area contributed by atoms with Crippen molar-refractivity contribution in [3.63, 3.8) is 0 Å². The van der Waals surface area contributed by atoms with Gasteiger partial charge in [-0.1, -0.05) is 25.1 Å². The van der Waals surface area contributed by atoms with Gasteiger partial charge in [-0.15, -0.1) is 0 Å². The lowest BCUT2D eigenvalue weighted by atomic mass is 9.98. The van der Waals surface area contributed by atoms with E-state index < -0.39 is 0 Å². The van der Waals surface area contributed by atoms with Crippen LogP contribution in [0.4, 0.5) is 0 Å². The van der Waals surface area contributed by atoms with E-state index in [9.17, 15) is 0 Å². The second-order valence-electron chi connectivity index (χ2n) is 3.91. The van der Waals surface area contributed by atoms with Gasteiger partial charge in [-0.2, -0.15) is 0 Å². The summed E-state index contributed by atoms with van der Waals surface area (Å²) >= 11 is 0. The number of methoxy groups -OCH3 is 1. The van der Waals surface area contributed by atoms with Gasteiger partial charge in [-0.05, 0) is 26.5 Å². The van der Waals surface area contributed by atoms with Gasteiger partial charge < -0.3 is 14.8 Å². The van der Waals surface area contributed by atoms with Gasteiger partial charge in [0.25, 0.3) is 0 Å². The number of likely N-dealkylation sites (N-methyl/N-ethyl adjacent to an activating group) is 1. The molecule has 17 heavy (non-hydrogen) atoms. The number of para-hydroxylation sites is 1. The van der Waals surface area contributed by atoms with Crippen molar-refractivity contribution >= 4 is 0 Å². The molecule has 0 saturated heterocycles. The first-order valence-electron chi connectivity index (χ1n) is 6.20. The molecule has 0 aliphatic carbocycles. The van der Waals surface area contributed by atoms with E-state index >= 15 is 0 Å². The average Bonchev–Trinajstić information content (AvgIpc) is 2.39. The average molecular weight is 237 g/mol. The van der Waals surface area contributed by atoms with E-state index in [0.717, 1.165) is 24.3 Å². The molecule has 0 saturated carbocycles. The van der Waals surface area contributed by atoms with Crippen LogP contribution in [0, 0.1) is 0 Å². The highest BCUT2D eigenvalue weighted by atomic mass is 16.5. The molecule has 3 nitrogen and oxygen atoms in total. The van der Waals surface area contributed by atoms with Gasteiger partial charge in [0.15, 0.2) is 0 Å². The lowest BCUT2D eigenvalue weighted by molar-refractivity contribution is 0.0328. The molecule has 0 aliphatic rings. The molecule has 0 aliphatic heterocycles. The van der Waals surface area contributed by atoms with Crippen LogP contribution < -0.4 is 10.1 Å². The fraction of sp³-hybridized carbons (Fsp3) is 0.571. The maximum absolute atomic E-state index is 5.78. The lowest BCUT2D eigenvalue weighted by Crippen LogP contribution is -2.31. The van der Waals surface area contributed by atoms with Crippen LogP contribution in [0.25, 0.3) is 0 Å². The van der Waals surface area contributed by atoms with Gasteiger partial charge in [-0.25, -0.2) is 0 Å². The van der Waals surface area contributed by atoms with Crippen molar-refractivity contribution in [2.45, 2.75) is 32.4 Å². The fourth-order valence-electron chi connectivity index (χ4n) is 2.13. The zero-order valence-corrected chi connectivity index (χ0v) is 11.2. The standard InChI is InChI=1S/C14H23NO2/c1-5-12(17-6-2)14(15-3)11-9-7-8-10-13(11)16-4/h7-10,12,14-15H,5-6H2,1-4H3. The van der Waals surface area contributed by atoms with Crippen LogP contribution in [0.5, 0.6) is 5.75 Å². The molecule has 0 spiro atoms. The molecule has 0 radical (unpaired) electrons. The van der Waals surface area contributed by atoms with Crippen LogP contribution in [0.15, 0.2) is 24.3 Å². The molecule has 1 aromatic carbocycles. The molecule has 2 atom stereocenters. The van der Waals surface area contributed by atoms with Crippen molar-refractivity contribution in [3.8, 4) is 5.75 Å². The molecule has 0 amide bonds. The van der Waals surface area contributed by atoms with Crippen LogP contribution in [-0.4, -0.2) is 26.9 Å². The molecule has 3 heteroatoms. The van der Waals surface area contributed by atoms with Crippen LogP contribution >= 0.6 is 0 Å². The Hall–Kier alpha value is -1.06. The van der Waals surface area contributed by atoms with E-state index in [1.54, 1.807) is 7.11 Å². The third-order valence-corrected chi connectivity index (χ3v) is 2.94. The predicted molar refractivity (Wildman–Crippen MR) is 70.5 cm³/mol. The third kappa shape index (κ3) is 3.45. The highest BCUT2D eigenvalue weighted by Gasteiger charge is 2.23. The van der Waals surface area contributed by atoms with Gasteiger partial charge in [0.1, 0.15) is 5.75 Å². The molecular formula is C14H23NO2. The van der Waals surface area contributed by atoms with E-state index in [0.29, 0.717) is 0 Å². The lowest BCUT2D eigenvalue weighted by Gasteiger charge is -2.27. The summed E-state index contributed by atoms with van der Waals surface area (Å²) in [6.07, 6.45) is 1.14. The number of ether oxygens (including phenoxy) is 2. The molecule has 1 aromatic rings. The second-order valence-corrected chi connectivity index (χ2v) is 3.91. The Bertz CT molecular complexity index is 328. The highest BCUT2D eigenvalue weighted by molar-refractivity contribution is 5.36. The van der Waals surface area contributed by atoms with Crippen molar-refractivity contribution in [2.75, 3.05) is 20.8 Å². The number of hydrogen-bond donors (Lipinski definition) is 1. The van der Waals surface area contributed by atoms with Crippen LogP contribution in [0.2, 0.25) is 0 Å². The largest absolute Gasteiger partial charge is 0.496 e. The first kappa shape index (κ1) is 14.0. The zero-order valence-electron chi connectivity index (χ0n) is 11.2. The monoisotopic (exact) mass is 237 g/mol. The Labute approximate surface area is 104 Å². The zero-order chi connectivity index (χ0) is 12.7. The molecule has 0 bridgehead atoms. The quantitative estimate of drug-likeness (QED) is 0.791. The summed E-state index contributed by atoms with van der Waals surface area (Å²) in [5, 5.41) is 3.32. The normalized spacial score (nSPS) is 14.4. The van der Waals surface area contributed by atoms with Gasteiger partial charge in [-0.3, -0.25) is 0 Å². The topological polar surface area (TPSA) is 30.5 Å². The van der Waals surface area contributed by atoms with E-state index in [1.165, 1.54) is 0 Å². The van der Waals surface area contributed by atoms with Crippen molar-refractivity contribution in [1.82, 2.24) is 5.32 Å². The molecule has 0 heterocycles. The van der Waals surface area contributed by atoms with Crippen LogP contribution in [-0.2, 0) is 4.74 Å². The maximum Gasteiger partial charge on any atom is 0.123 e. The maximum atomic E-state index is 5.78. The Kier molecular flexibility index (Phi) is 6.01. The molecule has 0 aromatic heterocycles. The Morgan fingerprint density at radius 2 is 1.94 bits per heavy atom. The van der Waals surface area contributed by atoms with E-state index in [2.05, 4.69) is 18.3 Å². The summed E-state index contributed by atoms with van der Waals surface area (Å²) in [6, 6.07) is 8.24. The molecular weight excluding hydrogens is 214 g/mol. The Morgan fingerprint density at radius 1 is 1.24 bits per heavy atom. The van der Waals surface area contributed by atoms with Crippen LogP contribution in [0.3, 0.4) is 0 Å². The van der Waals surface area contributed by atoms with Crippen molar-refractivity contribution < 1.29 is 9.47 Å². The SMILES string of the molecule is CCOC(CC)C(NC)c1ccccc1OC. The third-order valence-electron chi connectivity index (χ3n) is 2.94. The van der Waals surface area contributed by atoms with Gasteiger partial charge in [0.2, 0.25) is 0 Å². The number of hydrogen-bond acceptors (Lipinski definition) is 3. The Balaban J connectivity index is 2.98. The summed E-state index contributed by atoms with van der Waals surface area (Å²) in [7, 11) is 3.66. The number of nitrogens with one attached hydrogen (secondary N) is 1. The van der Waals surface area contributed by atoms with Crippen LogP contribution in [0.1, 0.15) is 31.9 Å². The first-order valence-corrected chi connectivity index (χ1v) is 6.20. The minimum atomic E-state index is 0.163. The van der Waals surface area contributed by atoms with Gasteiger partial charge in [0, 0.05) is 12.2 Å².